The smallest absolute Gasteiger partial charge is 0.310 e. The number of aryl methyl sites for hydroxylation is 1. The summed E-state index contributed by atoms with van der Waals surface area (Å²) in [7, 11) is 0. The Morgan fingerprint density at radius 1 is 0.655 bits per heavy atom. The second kappa shape index (κ2) is 10.2. The van der Waals surface area contributed by atoms with Crippen molar-refractivity contribution in [2.45, 2.75) is 33.0 Å². The van der Waals surface area contributed by atoms with Gasteiger partial charge in [0.25, 0.3) is 0 Å². The minimum atomic E-state index is -0.296. The molecule has 0 saturated heterocycles. The van der Waals surface area contributed by atoms with Gasteiger partial charge in [0, 0.05) is 0 Å². The van der Waals surface area contributed by atoms with Crippen LogP contribution >= 0.6 is 0 Å². The van der Waals surface area contributed by atoms with Gasteiger partial charge in [-0.15, -0.1) is 0 Å². The average Bonchev–Trinajstić information content (AvgIpc) is 2.75. The summed E-state index contributed by atoms with van der Waals surface area (Å²) in [5.74, 6) is -0.587. The molecule has 0 aliphatic carbocycles. The summed E-state index contributed by atoms with van der Waals surface area (Å²) in [6, 6.07) is 24.8. The van der Waals surface area contributed by atoms with E-state index in [0.29, 0.717) is 0 Å². The van der Waals surface area contributed by atoms with Crippen LogP contribution in [0.4, 0.5) is 0 Å². The molecule has 0 N–H and O–H groups in total. The summed E-state index contributed by atoms with van der Waals surface area (Å²) in [6.45, 7) is 2.45. The predicted octanol–water partition coefficient (Wildman–Crippen LogP) is 4.57. The van der Waals surface area contributed by atoms with Gasteiger partial charge < -0.3 is 9.47 Å². The number of ether oxygens (including phenoxy) is 2. The lowest BCUT2D eigenvalue weighted by Gasteiger charge is -2.10. The first kappa shape index (κ1) is 20.3. The largest absolute Gasteiger partial charge is 0.461 e. The van der Waals surface area contributed by atoms with Crippen LogP contribution in [-0.2, 0) is 45.1 Å². The van der Waals surface area contributed by atoms with Gasteiger partial charge in [-0.2, -0.15) is 0 Å². The number of hydrogen-bond donors (Lipinski definition) is 0. The lowest BCUT2D eigenvalue weighted by molar-refractivity contribution is -0.144. The van der Waals surface area contributed by atoms with Crippen LogP contribution in [0.2, 0.25) is 0 Å². The van der Waals surface area contributed by atoms with E-state index in [0.717, 1.165) is 27.8 Å². The van der Waals surface area contributed by atoms with Crippen LogP contribution in [-0.4, -0.2) is 11.9 Å². The maximum atomic E-state index is 12.2. The Balaban J connectivity index is 1.53. The molecule has 0 aromatic heterocycles. The SMILES string of the molecule is Cc1ccc(CC(=O)OCc2ccccc2)cc1CC(=O)OCc1ccccc1. The topological polar surface area (TPSA) is 52.6 Å². The Morgan fingerprint density at radius 2 is 1.17 bits per heavy atom. The van der Waals surface area contributed by atoms with Gasteiger partial charge in [-0.25, -0.2) is 0 Å². The molecule has 29 heavy (non-hydrogen) atoms. The number of carbonyl (C=O) groups excluding carboxylic acids is 2. The van der Waals surface area contributed by atoms with E-state index in [4.69, 9.17) is 9.47 Å². The van der Waals surface area contributed by atoms with E-state index in [1.807, 2.05) is 85.8 Å². The highest BCUT2D eigenvalue weighted by Crippen LogP contribution is 2.15. The summed E-state index contributed by atoms with van der Waals surface area (Å²) in [6.07, 6.45) is 0.338. The summed E-state index contributed by atoms with van der Waals surface area (Å²) in [4.78, 5) is 24.4. The molecule has 3 rings (SSSR count). The van der Waals surface area contributed by atoms with E-state index < -0.39 is 0 Å². The molecule has 0 atom stereocenters. The van der Waals surface area contributed by atoms with Crippen molar-refractivity contribution in [1.29, 1.82) is 0 Å². The molecule has 0 bridgehead atoms. The van der Waals surface area contributed by atoms with Crippen LogP contribution in [0.3, 0.4) is 0 Å². The van der Waals surface area contributed by atoms with E-state index in [9.17, 15) is 9.59 Å². The van der Waals surface area contributed by atoms with Crippen molar-refractivity contribution < 1.29 is 19.1 Å². The fourth-order valence-corrected chi connectivity index (χ4v) is 2.93. The van der Waals surface area contributed by atoms with Gasteiger partial charge in [0.15, 0.2) is 0 Å². The third kappa shape index (κ3) is 6.61. The van der Waals surface area contributed by atoms with Crippen LogP contribution in [0, 0.1) is 6.92 Å². The molecule has 0 fully saturated rings. The molecule has 0 amide bonds. The Morgan fingerprint density at radius 3 is 1.72 bits per heavy atom. The molecule has 0 heterocycles. The monoisotopic (exact) mass is 388 g/mol. The zero-order valence-corrected chi connectivity index (χ0v) is 16.5. The molecule has 0 saturated carbocycles. The fraction of sp³-hybridized carbons (Fsp3) is 0.200. The molecule has 4 heteroatoms. The van der Waals surface area contributed by atoms with Crippen LogP contribution < -0.4 is 0 Å². The molecule has 148 valence electrons. The summed E-state index contributed by atoms with van der Waals surface area (Å²) >= 11 is 0. The quantitative estimate of drug-likeness (QED) is 0.531. The fourth-order valence-electron chi connectivity index (χ4n) is 2.93. The molecule has 4 nitrogen and oxygen atoms in total. The van der Waals surface area contributed by atoms with Crippen molar-refractivity contribution >= 4 is 11.9 Å². The predicted molar refractivity (Wildman–Crippen MR) is 111 cm³/mol. The van der Waals surface area contributed by atoms with Crippen LogP contribution in [0.15, 0.2) is 78.9 Å². The van der Waals surface area contributed by atoms with E-state index >= 15 is 0 Å². The van der Waals surface area contributed by atoms with Crippen molar-refractivity contribution in [3.63, 3.8) is 0 Å². The number of esters is 2. The van der Waals surface area contributed by atoms with Gasteiger partial charge in [-0.3, -0.25) is 9.59 Å². The highest BCUT2D eigenvalue weighted by molar-refractivity contribution is 5.75. The van der Waals surface area contributed by atoms with E-state index in [1.54, 1.807) is 0 Å². The van der Waals surface area contributed by atoms with Gasteiger partial charge in [0.1, 0.15) is 13.2 Å². The van der Waals surface area contributed by atoms with Crippen molar-refractivity contribution in [3.8, 4) is 0 Å². The number of rotatable bonds is 8. The molecule has 3 aromatic rings. The van der Waals surface area contributed by atoms with Crippen LogP contribution in [0.25, 0.3) is 0 Å². The Labute approximate surface area is 171 Å². The summed E-state index contributed by atoms with van der Waals surface area (Å²) < 4.78 is 10.7. The maximum absolute atomic E-state index is 12.2. The minimum absolute atomic E-state index is 0.166. The number of hydrogen-bond acceptors (Lipinski definition) is 4. The first-order chi connectivity index (χ1) is 14.1. The second-order valence-electron chi connectivity index (χ2n) is 6.91. The lowest BCUT2D eigenvalue weighted by Crippen LogP contribution is -2.11. The van der Waals surface area contributed by atoms with Gasteiger partial charge in [0.05, 0.1) is 12.8 Å². The van der Waals surface area contributed by atoms with Crippen molar-refractivity contribution in [2.75, 3.05) is 0 Å². The van der Waals surface area contributed by atoms with Crippen molar-refractivity contribution in [1.82, 2.24) is 0 Å². The number of benzene rings is 3. The molecule has 0 aliphatic heterocycles. The Bertz CT molecular complexity index is 949. The third-order valence-corrected chi connectivity index (χ3v) is 4.58. The standard InChI is InChI=1S/C25H24O4/c1-19-12-13-22(15-24(26)28-17-20-8-4-2-5-9-20)14-23(19)16-25(27)29-18-21-10-6-3-7-11-21/h2-14H,15-18H2,1H3. The molecule has 0 spiro atoms. The maximum Gasteiger partial charge on any atom is 0.310 e. The molecular formula is C25H24O4. The van der Waals surface area contributed by atoms with Gasteiger partial charge in [-0.1, -0.05) is 78.9 Å². The normalized spacial score (nSPS) is 10.4. The molecule has 0 radical (unpaired) electrons. The second-order valence-corrected chi connectivity index (χ2v) is 6.91. The van der Waals surface area contributed by atoms with Crippen molar-refractivity contribution in [2.24, 2.45) is 0 Å². The van der Waals surface area contributed by atoms with Gasteiger partial charge in [0.2, 0.25) is 0 Å². The van der Waals surface area contributed by atoms with Gasteiger partial charge >= 0.3 is 11.9 Å². The third-order valence-electron chi connectivity index (χ3n) is 4.58. The van der Waals surface area contributed by atoms with Crippen LogP contribution in [0.1, 0.15) is 27.8 Å². The minimum Gasteiger partial charge on any atom is -0.461 e. The van der Waals surface area contributed by atoms with Crippen LogP contribution in [0.5, 0.6) is 0 Å². The molecular weight excluding hydrogens is 364 g/mol. The van der Waals surface area contributed by atoms with Gasteiger partial charge in [-0.05, 0) is 34.7 Å². The molecule has 0 aliphatic rings. The van der Waals surface area contributed by atoms with E-state index in [-0.39, 0.29) is 38.0 Å². The van der Waals surface area contributed by atoms with E-state index in [1.165, 1.54) is 0 Å². The lowest BCUT2D eigenvalue weighted by atomic mass is 10.0. The number of carbonyl (C=O) groups is 2. The highest BCUT2D eigenvalue weighted by atomic mass is 16.5. The summed E-state index contributed by atoms with van der Waals surface area (Å²) in [5, 5.41) is 0. The first-order valence-corrected chi connectivity index (χ1v) is 9.57. The average molecular weight is 388 g/mol. The zero-order chi connectivity index (χ0) is 20.5. The zero-order valence-electron chi connectivity index (χ0n) is 16.5. The van der Waals surface area contributed by atoms with E-state index in [2.05, 4.69) is 0 Å². The first-order valence-electron chi connectivity index (χ1n) is 9.57. The Kier molecular flexibility index (Phi) is 7.17. The Hall–Kier alpha value is -3.40. The molecule has 3 aromatic carbocycles. The summed E-state index contributed by atoms with van der Waals surface area (Å²) in [5.41, 5.74) is 4.57. The molecule has 0 unspecified atom stereocenters. The van der Waals surface area contributed by atoms with Crippen molar-refractivity contribution in [3.05, 3.63) is 107 Å². The highest BCUT2D eigenvalue weighted by Gasteiger charge is 2.11.